The van der Waals surface area contributed by atoms with Gasteiger partial charge in [0, 0.05) is 45.2 Å². The van der Waals surface area contributed by atoms with Gasteiger partial charge in [-0.05, 0) is 33.1 Å². The van der Waals surface area contributed by atoms with Crippen LogP contribution in [0.15, 0.2) is 18.7 Å². The van der Waals surface area contributed by atoms with Crippen LogP contribution in [0.1, 0.15) is 38.4 Å². The van der Waals surface area contributed by atoms with Crippen molar-refractivity contribution in [2.75, 3.05) is 32.1 Å². The van der Waals surface area contributed by atoms with Crippen LogP contribution in [0.3, 0.4) is 0 Å². The summed E-state index contributed by atoms with van der Waals surface area (Å²) in [5.74, 6) is 2.40. The molecule has 1 saturated heterocycles. The van der Waals surface area contributed by atoms with E-state index >= 15 is 0 Å². The number of likely N-dealkylation sites (tertiary alicyclic amines) is 1. The normalized spacial score (nSPS) is 19.6. The molecule has 1 saturated carbocycles. The molecule has 1 N–H and O–H groups in total. The highest BCUT2D eigenvalue weighted by Gasteiger charge is 2.47. The largest absolute Gasteiger partial charge is 0.384 e. The number of carbonyl (C=O) groups excluding carboxylic acids is 1. The summed E-state index contributed by atoms with van der Waals surface area (Å²) in [6, 6.07) is 0.115. The Labute approximate surface area is 192 Å². The monoisotopic (exact) mass is 450 g/mol. The molecular weight excluding hydrogens is 420 g/mol. The topological polar surface area (TPSA) is 111 Å². The SMILES string of the molecule is CCn1c(-c2cnc(C)nc2)nc2c(NC3CCN(C(=O)C4(COC)CCC4)C3)ncnc21. The molecule has 1 unspecified atom stereocenters. The van der Waals surface area contributed by atoms with Gasteiger partial charge < -0.3 is 19.5 Å². The van der Waals surface area contributed by atoms with Gasteiger partial charge in [0.05, 0.1) is 17.6 Å². The quantitative estimate of drug-likeness (QED) is 0.584. The maximum Gasteiger partial charge on any atom is 0.231 e. The van der Waals surface area contributed by atoms with Gasteiger partial charge in [-0.1, -0.05) is 6.42 Å². The van der Waals surface area contributed by atoms with Crippen LogP contribution in [0.2, 0.25) is 0 Å². The zero-order chi connectivity index (χ0) is 23.0. The summed E-state index contributed by atoms with van der Waals surface area (Å²) in [5.41, 5.74) is 2.00. The molecule has 4 heterocycles. The number of methoxy groups -OCH3 is 1. The average molecular weight is 451 g/mol. The number of hydrogen-bond acceptors (Lipinski definition) is 8. The van der Waals surface area contributed by atoms with Gasteiger partial charge in [-0.2, -0.15) is 0 Å². The second-order valence-corrected chi connectivity index (χ2v) is 9.04. The Bertz CT molecular complexity index is 1160. The van der Waals surface area contributed by atoms with Crippen molar-refractivity contribution in [2.24, 2.45) is 5.41 Å². The smallest absolute Gasteiger partial charge is 0.231 e. The van der Waals surface area contributed by atoms with Crippen LogP contribution in [0.25, 0.3) is 22.6 Å². The number of rotatable bonds is 7. The van der Waals surface area contributed by atoms with Gasteiger partial charge in [-0.25, -0.2) is 24.9 Å². The highest BCUT2D eigenvalue weighted by Crippen LogP contribution is 2.43. The third kappa shape index (κ3) is 3.82. The van der Waals surface area contributed by atoms with Crippen LogP contribution in [-0.4, -0.2) is 73.1 Å². The molecule has 1 amide bonds. The van der Waals surface area contributed by atoms with Crippen LogP contribution >= 0.6 is 0 Å². The third-order valence-electron chi connectivity index (χ3n) is 6.89. The number of imidazole rings is 1. The Morgan fingerprint density at radius 1 is 1.24 bits per heavy atom. The Balaban J connectivity index is 1.37. The van der Waals surface area contributed by atoms with Crippen molar-refractivity contribution in [3.63, 3.8) is 0 Å². The Morgan fingerprint density at radius 2 is 2.03 bits per heavy atom. The molecule has 3 aromatic heterocycles. The molecule has 174 valence electrons. The van der Waals surface area contributed by atoms with Gasteiger partial charge in [-0.15, -0.1) is 0 Å². The fourth-order valence-electron chi connectivity index (χ4n) is 4.96. The van der Waals surface area contributed by atoms with E-state index in [1.54, 1.807) is 25.8 Å². The molecular formula is C23H30N8O2. The van der Waals surface area contributed by atoms with Crippen molar-refractivity contribution in [3.05, 3.63) is 24.5 Å². The molecule has 33 heavy (non-hydrogen) atoms. The molecule has 10 nitrogen and oxygen atoms in total. The number of aryl methyl sites for hydroxylation is 2. The van der Waals surface area contributed by atoms with E-state index in [4.69, 9.17) is 9.72 Å². The second kappa shape index (κ2) is 8.66. The lowest BCUT2D eigenvalue weighted by atomic mass is 9.68. The van der Waals surface area contributed by atoms with E-state index in [9.17, 15) is 4.79 Å². The number of anilines is 1. The van der Waals surface area contributed by atoms with Crippen molar-refractivity contribution in [2.45, 2.75) is 52.1 Å². The van der Waals surface area contributed by atoms with Crippen molar-refractivity contribution in [1.82, 2.24) is 34.4 Å². The van der Waals surface area contributed by atoms with Crippen molar-refractivity contribution >= 4 is 22.9 Å². The van der Waals surface area contributed by atoms with E-state index in [1.165, 1.54) is 0 Å². The molecule has 0 radical (unpaired) electrons. The number of fused-ring (bicyclic) bond motifs is 1. The Morgan fingerprint density at radius 3 is 2.70 bits per heavy atom. The summed E-state index contributed by atoms with van der Waals surface area (Å²) in [7, 11) is 1.68. The van der Waals surface area contributed by atoms with Crippen molar-refractivity contribution in [1.29, 1.82) is 0 Å². The number of amides is 1. The van der Waals surface area contributed by atoms with E-state index in [0.29, 0.717) is 25.5 Å². The zero-order valence-corrected chi connectivity index (χ0v) is 19.4. The first-order valence-electron chi connectivity index (χ1n) is 11.6. The molecule has 3 aromatic rings. The molecule has 1 aliphatic heterocycles. The number of nitrogens with zero attached hydrogens (tertiary/aromatic N) is 7. The minimum absolute atomic E-state index is 0.115. The lowest BCUT2D eigenvalue weighted by Crippen LogP contribution is -2.50. The fourth-order valence-corrected chi connectivity index (χ4v) is 4.96. The summed E-state index contributed by atoms with van der Waals surface area (Å²) < 4.78 is 7.42. The molecule has 0 spiro atoms. The average Bonchev–Trinajstić information content (AvgIpc) is 3.41. The molecule has 1 aliphatic carbocycles. The van der Waals surface area contributed by atoms with Gasteiger partial charge in [0.15, 0.2) is 17.0 Å². The van der Waals surface area contributed by atoms with E-state index < -0.39 is 0 Å². The molecule has 5 rings (SSSR count). The van der Waals surface area contributed by atoms with E-state index in [0.717, 1.165) is 60.6 Å². The van der Waals surface area contributed by atoms with Crippen LogP contribution in [0, 0.1) is 12.3 Å². The van der Waals surface area contributed by atoms with E-state index in [1.807, 2.05) is 16.4 Å². The predicted molar refractivity (Wildman–Crippen MR) is 124 cm³/mol. The summed E-state index contributed by atoms with van der Waals surface area (Å²) in [6.45, 7) is 6.54. The number of hydrogen-bond donors (Lipinski definition) is 1. The highest BCUT2D eigenvalue weighted by molar-refractivity contribution is 5.87. The van der Waals surface area contributed by atoms with Gasteiger partial charge in [0.2, 0.25) is 5.91 Å². The van der Waals surface area contributed by atoms with Crippen LogP contribution in [0.4, 0.5) is 5.82 Å². The van der Waals surface area contributed by atoms with Crippen LogP contribution < -0.4 is 5.32 Å². The van der Waals surface area contributed by atoms with Gasteiger partial charge in [-0.3, -0.25) is 4.79 Å². The summed E-state index contributed by atoms with van der Waals surface area (Å²) >= 11 is 0. The highest BCUT2D eigenvalue weighted by atomic mass is 16.5. The van der Waals surface area contributed by atoms with Gasteiger partial charge >= 0.3 is 0 Å². The van der Waals surface area contributed by atoms with Gasteiger partial charge in [0.1, 0.15) is 18.0 Å². The summed E-state index contributed by atoms with van der Waals surface area (Å²) in [6.07, 6.45) is 8.93. The fraction of sp³-hybridized carbons (Fsp3) is 0.565. The van der Waals surface area contributed by atoms with Crippen molar-refractivity contribution in [3.8, 4) is 11.4 Å². The van der Waals surface area contributed by atoms with E-state index in [2.05, 4.69) is 32.2 Å². The molecule has 2 fully saturated rings. The van der Waals surface area contributed by atoms with Crippen LogP contribution in [-0.2, 0) is 16.1 Å². The minimum Gasteiger partial charge on any atom is -0.384 e. The first kappa shape index (κ1) is 21.7. The van der Waals surface area contributed by atoms with E-state index in [-0.39, 0.29) is 17.4 Å². The summed E-state index contributed by atoms with van der Waals surface area (Å²) in [5, 5.41) is 3.53. The molecule has 10 heteroatoms. The lowest BCUT2D eigenvalue weighted by molar-refractivity contribution is -0.151. The molecule has 0 aromatic carbocycles. The predicted octanol–water partition coefficient (Wildman–Crippen LogP) is 2.44. The number of aromatic nitrogens is 6. The molecule has 1 atom stereocenters. The molecule has 0 bridgehead atoms. The number of ether oxygens (including phenoxy) is 1. The second-order valence-electron chi connectivity index (χ2n) is 9.04. The molecule has 2 aliphatic rings. The maximum absolute atomic E-state index is 13.2. The Kier molecular flexibility index (Phi) is 5.69. The number of nitrogens with one attached hydrogen (secondary N) is 1. The van der Waals surface area contributed by atoms with Gasteiger partial charge in [0.25, 0.3) is 0 Å². The first-order valence-corrected chi connectivity index (χ1v) is 11.6. The van der Waals surface area contributed by atoms with Crippen molar-refractivity contribution < 1.29 is 9.53 Å². The zero-order valence-electron chi connectivity index (χ0n) is 19.4. The maximum atomic E-state index is 13.2. The first-order chi connectivity index (χ1) is 16.0. The lowest BCUT2D eigenvalue weighted by Gasteiger charge is -2.42. The minimum atomic E-state index is -0.323. The third-order valence-corrected chi connectivity index (χ3v) is 6.89. The summed E-state index contributed by atoms with van der Waals surface area (Å²) in [4.78, 5) is 37.6. The Hall–Kier alpha value is -3.14. The standard InChI is InChI=1S/C23H30N8O2/c1-4-31-20(16-10-24-15(2)25-11-16)29-18-19(26-14-27-21(18)31)28-17-6-9-30(12-17)22(32)23(13-33-3)7-5-8-23/h10-11,14,17H,4-9,12-13H2,1-3H3,(H,26,27,28). The number of carbonyl (C=O) groups is 1. The van der Waals surface area contributed by atoms with Crippen LogP contribution in [0.5, 0.6) is 0 Å².